The van der Waals surface area contributed by atoms with Crippen LogP contribution < -0.4 is 5.32 Å². The van der Waals surface area contributed by atoms with Crippen LogP contribution >= 0.6 is 0 Å². The number of hydrogen-bond acceptors (Lipinski definition) is 6. The molecule has 0 radical (unpaired) electrons. The van der Waals surface area contributed by atoms with Gasteiger partial charge in [-0.3, -0.25) is 4.79 Å². The first kappa shape index (κ1) is 39.1. The van der Waals surface area contributed by atoms with Gasteiger partial charge in [0.05, 0.1) is 13.2 Å². The SMILES string of the molecule is C=C(C)C(=O)O.CCCCCCCCCCCCCCCCCCNC(=O)OCCCCCC(=O)OCCO. The molecule has 0 saturated heterocycles. The molecule has 0 bridgehead atoms. The summed E-state index contributed by atoms with van der Waals surface area (Å²) in [4.78, 5) is 32.5. The number of aliphatic carboxylic acids is 1. The molecule has 8 nitrogen and oxygen atoms in total. The Bertz CT molecular complexity index is 583. The number of unbranched alkanes of at least 4 members (excludes halogenated alkanes) is 17. The number of alkyl carbamates (subject to hydrolysis) is 1. The van der Waals surface area contributed by atoms with Crippen LogP contribution in [0.25, 0.3) is 0 Å². The van der Waals surface area contributed by atoms with Gasteiger partial charge in [-0.25, -0.2) is 9.59 Å². The number of nitrogens with one attached hydrogen (secondary N) is 1. The third kappa shape index (κ3) is 35.9. The number of aliphatic hydroxyl groups is 1. The standard InChI is InChI=1S/C27H53NO5.C4H6O2/c1-2-3-4-5-6-7-8-9-10-11-12-13-14-15-16-19-22-28-27(31)33-24-20-17-18-21-26(30)32-25-23-29;1-3(2)4(5)6/h29H,2-25H2,1H3,(H,28,31);1H2,2H3,(H,5,6). The van der Waals surface area contributed by atoms with E-state index in [1.165, 1.54) is 96.8 Å². The molecule has 39 heavy (non-hydrogen) atoms. The minimum Gasteiger partial charge on any atom is -0.478 e. The lowest BCUT2D eigenvalue weighted by molar-refractivity contribution is -0.144. The van der Waals surface area contributed by atoms with Crippen LogP contribution in [-0.2, 0) is 19.1 Å². The number of carboxylic acid groups (broad SMARTS) is 1. The molecule has 0 saturated carbocycles. The summed E-state index contributed by atoms with van der Waals surface area (Å²) < 4.78 is 9.92. The molecule has 0 fully saturated rings. The number of aliphatic hydroxyl groups excluding tert-OH is 1. The molecular formula is C31H59NO7. The van der Waals surface area contributed by atoms with Gasteiger partial charge in [-0.1, -0.05) is 110 Å². The summed E-state index contributed by atoms with van der Waals surface area (Å²) >= 11 is 0. The predicted molar refractivity (Wildman–Crippen MR) is 158 cm³/mol. The lowest BCUT2D eigenvalue weighted by Gasteiger charge is -2.07. The van der Waals surface area contributed by atoms with E-state index in [9.17, 15) is 14.4 Å². The highest BCUT2D eigenvalue weighted by Crippen LogP contribution is 2.13. The molecular weight excluding hydrogens is 498 g/mol. The van der Waals surface area contributed by atoms with Gasteiger partial charge in [0.2, 0.25) is 0 Å². The Balaban J connectivity index is 0. The van der Waals surface area contributed by atoms with Crippen molar-refractivity contribution in [3.05, 3.63) is 12.2 Å². The van der Waals surface area contributed by atoms with Crippen molar-refractivity contribution in [2.24, 2.45) is 0 Å². The Morgan fingerprint density at radius 3 is 1.54 bits per heavy atom. The van der Waals surface area contributed by atoms with Crippen LogP contribution in [0.3, 0.4) is 0 Å². The number of carboxylic acids is 1. The molecule has 0 aromatic heterocycles. The lowest BCUT2D eigenvalue weighted by atomic mass is 10.0. The molecule has 0 aliphatic heterocycles. The molecule has 8 heteroatoms. The third-order valence-corrected chi connectivity index (χ3v) is 6.28. The Morgan fingerprint density at radius 2 is 1.10 bits per heavy atom. The van der Waals surface area contributed by atoms with Crippen LogP contribution in [0.5, 0.6) is 0 Å². The van der Waals surface area contributed by atoms with Crippen molar-refractivity contribution in [2.75, 3.05) is 26.4 Å². The van der Waals surface area contributed by atoms with E-state index in [-0.39, 0.29) is 30.8 Å². The van der Waals surface area contributed by atoms with Gasteiger partial charge in [0.25, 0.3) is 0 Å². The number of ether oxygens (including phenoxy) is 2. The molecule has 0 unspecified atom stereocenters. The first-order chi connectivity index (χ1) is 18.8. The minimum atomic E-state index is -0.935. The fraction of sp³-hybridized carbons (Fsp3) is 0.839. The van der Waals surface area contributed by atoms with Gasteiger partial charge in [0.15, 0.2) is 0 Å². The maximum Gasteiger partial charge on any atom is 0.407 e. The maximum absolute atomic E-state index is 11.6. The van der Waals surface area contributed by atoms with E-state index >= 15 is 0 Å². The molecule has 1 amide bonds. The topological polar surface area (TPSA) is 122 Å². The van der Waals surface area contributed by atoms with Crippen LogP contribution in [0.2, 0.25) is 0 Å². The highest BCUT2D eigenvalue weighted by Gasteiger charge is 2.04. The van der Waals surface area contributed by atoms with Gasteiger partial charge < -0.3 is 25.0 Å². The average molecular weight is 558 g/mol. The third-order valence-electron chi connectivity index (χ3n) is 6.28. The van der Waals surface area contributed by atoms with Gasteiger partial charge in [-0.05, 0) is 32.6 Å². The fourth-order valence-corrected chi connectivity index (χ4v) is 3.86. The normalized spacial score (nSPS) is 10.3. The molecule has 230 valence electrons. The molecule has 3 N–H and O–H groups in total. The Kier molecular flexibility index (Phi) is 32.2. The van der Waals surface area contributed by atoms with E-state index in [4.69, 9.17) is 19.7 Å². The molecule has 0 aliphatic rings. The van der Waals surface area contributed by atoms with E-state index in [1.807, 2.05) is 0 Å². The van der Waals surface area contributed by atoms with Gasteiger partial charge in [-0.2, -0.15) is 0 Å². The molecule has 0 heterocycles. The largest absolute Gasteiger partial charge is 0.478 e. The second-order valence-electron chi connectivity index (χ2n) is 10.2. The highest BCUT2D eigenvalue weighted by atomic mass is 16.5. The summed E-state index contributed by atoms with van der Waals surface area (Å²) in [6, 6.07) is 0. The first-order valence-corrected chi connectivity index (χ1v) is 15.4. The molecule has 0 aromatic rings. The maximum atomic E-state index is 11.6. The van der Waals surface area contributed by atoms with Crippen molar-refractivity contribution in [1.29, 1.82) is 0 Å². The number of amides is 1. The van der Waals surface area contributed by atoms with E-state index in [0.717, 1.165) is 25.7 Å². The zero-order chi connectivity index (χ0) is 29.4. The smallest absolute Gasteiger partial charge is 0.407 e. The minimum absolute atomic E-state index is 0.0571. The van der Waals surface area contributed by atoms with E-state index < -0.39 is 5.97 Å². The Hall–Kier alpha value is -2.09. The van der Waals surface area contributed by atoms with Gasteiger partial charge in [-0.15, -0.1) is 0 Å². The van der Waals surface area contributed by atoms with Gasteiger partial charge in [0.1, 0.15) is 6.61 Å². The predicted octanol–water partition coefficient (Wildman–Crippen LogP) is 7.72. The number of carbonyl (C=O) groups is 3. The van der Waals surface area contributed by atoms with E-state index in [1.54, 1.807) is 0 Å². The summed E-state index contributed by atoms with van der Waals surface area (Å²) in [5.41, 5.74) is 0.176. The zero-order valence-electron chi connectivity index (χ0n) is 25.1. The summed E-state index contributed by atoms with van der Waals surface area (Å²) in [6.45, 7) is 7.83. The van der Waals surface area contributed by atoms with E-state index in [0.29, 0.717) is 26.0 Å². The van der Waals surface area contributed by atoms with Gasteiger partial charge in [0, 0.05) is 18.5 Å². The van der Waals surface area contributed by atoms with Crippen molar-refractivity contribution in [2.45, 2.75) is 142 Å². The quantitative estimate of drug-likeness (QED) is 0.0565. The number of hydrogen-bond donors (Lipinski definition) is 3. The number of rotatable bonds is 26. The van der Waals surface area contributed by atoms with Crippen LogP contribution in [0, 0.1) is 0 Å². The van der Waals surface area contributed by atoms with E-state index in [2.05, 4.69) is 18.8 Å². The van der Waals surface area contributed by atoms with Crippen LogP contribution in [0.15, 0.2) is 12.2 Å². The monoisotopic (exact) mass is 557 g/mol. The van der Waals surface area contributed by atoms with Crippen LogP contribution in [0.1, 0.15) is 142 Å². The molecule has 0 rings (SSSR count). The summed E-state index contributed by atoms with van der Waals surface area (Å²) in [6.07, 6.45) is 23.7. The molecule has 0 atom stereocenters. The number of carbonyl (C=O) groups excluding carboxylic acids is 2. The second-order valence-corrected chi connectivity index (χ2v) is 10.2. The Morgan fingerprint density at radius 1 is 0.667 bits per heavy atom. The molecule has 0 aromatic carbocycles. The van der Waals surface area contributed by atoms with Gasteiger partial charge >= 0.3 is 18.0 Å². The van der Waals surface area contributed by atoms with Crippen molar-refractivity contribution < 1.29 is 34.1 Å². The molecule has 0 aliphatic carbocycles. The fourth-order valence-electron chi connectivity index (χ4n) is 3.86. The average Bonchev–Trinajstić information content (AvgIpc) is 2.91. The van der Waals surface area contributed by atoms with Crippen molar-refractivity contribution in [3.8, 4) is 0 Å². The van der Waals surface area contributed by atoms with Crippen LogP contribution in [-0.4, -0.2) is 54.6 Å². The summed E-state index contributed by atoms with van der Waals surface area (Å²) in [5, 5.41) is 19.3. The zero-order valence-corrected chi connectivity index (χ0v) is 25.1. The lowest BCUT2D eigenvalue weighted by Crippen LogP contribution is -2.25. The van der Waals surface area contributed by atoms with Crippen molar-refractivity contribution >= 4 is 18.0 Å². The van der Waals surface area contributed by atoms with Crippen molar-refractivity contribution in [1.82, 2.24) is 5.32 Å². The highest BCUT2D eigenvalue weighted by molar-refractivity contribution is 5.84. The number of esters is 1. The van der Waals surface area contributed by atoms with Crippen molar-refractivity contribution in [3.63, 3.8) is 0 Å². The van der Waals surface area contributed by atoms with Crippen LogP contribution in [0.4, 0.5) is 4.79 Å². The summed E-state index contributed by atoms with van der Waals surface area (Å²) in [5.74, 6) is -1.23. The molecule has 0 spiro atoms. The summed E-state index contributed by atoms with van der Waals surface area (Å²) in [7, 11) is 0. The Labute approximate surface area is 238 Å². The first-order valence-electron chi connectivity index (χ1n) is 15.4. The second kappa shape index (κ2) is 32.1.